The standard InChI is InChI=1S/C28H33ClN6O3/c1-2-38-27(37)24(16-13-19-7-4-3-5-8-19)30-25(26(36)31-28-32-34-35-33-28)17-20-11-14-21(15-12-20)22-9-6-10-23(29)18-22/h3-12,14-15,18,24-26,30,34-36H,2,13,16-17H2,1H3,(H2,31,32,33)/t24-,25-,26+/m0/s1. The van der Waals surface area contributed by atoms with Crippen LogP contribution >= 0.6 is 11.6 Å². The minimum Gasteiger partial charge on any atom is -0.465 e. The Morgan fingerprint density at radius 3 is 2.39 bits per heavy atom. The summed E-state index contributed by atoms with van der Waals surface area (Å²) in [6.45, 7) is 2.05. The fourth-order valence-electron chi connectivity index (χ4n) is 4.23. The van der Waals surface area contributed by atoms with Crippen LogP contribution in [0.15, 0.2) is 83.9 Å². The van der Waals surface area contributed by atoms with E-state index in [1.54, 1.807) is 6.92 Å². The van der Waals surface area contributed by atoms with Crippen molar-refractivity contribution in [1.82, 2.24) is 27.2 Å². The lowest BCUT2D eigenvalue weighted by Crippen LogP contribution is -2.50. The van der Waals surface area contributed by atoms with Gasteiger partial charge in [-0.15, -0.1) is 0 Å². The first-order valence-electron chi connectivity index (χ1n) is 12.6. The number of carbonyl (C=O) groups excluding carboxylic acids is 1. The summed E-state index contributed by atoms with van der Waals surface area (Å²) >= 11 is 6.16. The summed E-state index contributed by atoms with van der Waals surface area (Å²) in [5.41, 5.74) is 15.0. The van der Waals surface area contributed by atoms with Gasteiger partial charge in [-0.1, -0.05) is 78.3 Å². The average Bonchev–Trinajstić information content (AvgIpc) is 3.44. The predicted octanol–water partition coefficient (Wildman–Crippen LogP) is 2.86. The van der Waals surface area contributed by atoms with Crippen LogP contribution in [0.4, 0.5) is 0 Å². The summed E-state index contributed by atoms with van der Waals surface area (Å²) in [5, 5.41) is 15.1. The van der Waals surface area contributed by atoms with Gasteiger partial charge >= 0.3 is 5.97 Å². The molecule has 3 atom stereocenters. The maximum atomic E-state index is 12.9. The summed E-state index contributed by atoms with van der Waals surface area (Å²) < 4.78 is 5.36. The van der Waals surface area contributed by atoms with Crippen molar-refractivity contribution in [3.8, 4) is 11.1 Å². The van der Waals surface area contributed by atoms with Crippen LogP contribution in [0.5, 0.6) is 0 Å². The molecule has 1 aliphatic rings. The van der Waals surface area contributed by atoms with Gasteiger partial charge in [-0.25, -0.2) is 4.99 Å². The van der Waals surface area contributed by atoms with Gasteiger partial charge in [0.25, 0.3) is 0 Å². The quantitative estimate of drug-likeness (QED) is 0.196. The van der Waals surface area contributed by atoms with Gasteiger partial charge in [-0.2, -0.15) is 11.1 Å². The zero-order valence-corrected chi connectivity index (χ0v) is 21.9. The molecule has 3 aromatic rings. The number of benzene rings is 3. The van der Waals surface area contributed by atoms with E-state index >= 15 is 0 Å². The number of carbonyl (C=O) groups is 1. The Bertz CT molecular complexity index is 1200. The number of halogens is 1. The highest BCUT2D eigenvalue weighted by molar-refractivity contribution is 6.30. The molecule has 1 fully saturated rings. The number of guanidine groups is 1. The number of esters is 1. The van der Waals surface area contributed by atoms with E-state index in [4.69, 9.17) is 16.3 Å². The van der Waals surface area contributed by atoms with Crippen molar-refractivity contribution in [1.29, 1.82) is 0 Å². The fraction of sp³-hybridized carbons (Fsp3) is 0.286. The van der Waals surface area contributed by atoms with E-state index in [1.165, 1.54) is 0 Å². The molecule has 0 spiro atoms. The van der Waals surface area contributed by atoms with Gasteiger partial charge in [0.15, 0.2) is 6.23 Å². The number of aliphatic imine (C=N–C) groups is 1. The van der Waals surface area contributed by atoms with Gasteiger partial charge in [0, 0.05) is 5.02 Å². The number of ether oxygens (including phenoxy) is 1. The van der Waals surface area contributed by atoms with Crippen molar-refractivity contribution in [2.75, 3.05) is 6.61 Å². The van der Waals surface area contributed by atoms with E-state index < -0.39 is 18.3 Å². The predicted molar refractivity (Wildman–Crippen MR) is 149 cm³/mol. The van der Waals surface area contributed by atoms with Crippen molar-refractivity contribution in [3.05, 3.63) is 95.0 Å². The monoisotopic (exact) mass is 536 g/mol. The largest absolute Gasteiger partial charge is 0.465 e. The van der Waals surface area contributed by atoms with Crippen molar-refractivity contribution >= 4 is 23.5 Å². The molecule has 0 radical (unpaired) electrons. The SMILES string of the molecule is CCOC(=O)[C@H](CCc1ccccc1)N[C@@H](Cc1ccc(-c2cccc(Cl)c2)cc1)[C@@H](O)N=C1NNNN1. The highest BCUT2D eigenvalue weighted by Gasteiger charge is 2.28. The third-order valence-corrected chi connectivity index (χ3v) is 6.40. The van der Waals surface area contributed by atoms with Crippen molar-refractivity contribution in [2.24, 2.45) is 4.99 Å². The molecule has 4 rings (SSSR count). The van der Waals surface area contributed by atoms with Crippen LogP contribution in [0, 0.1) is 0 Å². The molecule has 1 saturated heterocycles. The maximum absolute atomic E-state index is 12.9. The van der Waals surface area contributed by atoms with Crippen molar-refractivity contribution < 1.29 is 14.6 Å². The summed E-state index contributed by atoms with van der Waals surface area (Å²) in [6, 6.07) is 24.5. The van der Waals surface area contributed by atoms with E-state index in [2.05, 4.69) is 32.2 Å². The Morgan fingerprint density at radius 1 is 0.974 bits per heavy atom. The number of rotatable bonds is 12. The molecule has 3 aromatic carbocycles. The van der Waals surface area contributed by atoms with Gasteiger partial charge < -0.3 is 9.84 Å². The summed E-state index contributed by atoms with van der Waals surface area (Å²) in [6.07, 6.45) is 0.458. The third-order valence-electron chi connectivity index (χ3n) is 6.16. The molecular formula is C28H33ClN6O3. The van der Waals surface area contributed by atoms with E-state index in [9.17, 15) is 9.90 Å². The Labute approximate surface area is 227 Å². The minimum atomic E-state index is -1.16. The topological polar surface area (TPSA) is 119 Å². The molecule has 1 heterocycles. The third kappa shape index (κ3) is 8.01. The van der Waals surface area contributed by atoms with Crippen LogP contribution in [0.2, 0.25) is 5.02 Å². The van der Waals surface area contributed by atoms with E-state index in [0.717, 1.165) is 22.3 Å². The van der Waals surface area contributed by atoms with Gasteiger partial charge in [0.1, 0.15) is 6.04 Å². The second-order valence-corrected chi connectivity index (χ2v) is 9.34. The average molecular weight is 537 g/mol. The second-order valence-electron chi connectivity index (χ2n) is 8.90. The minimum absolute atomic E-state index is 0.272. The summed E-state index contributed by atoms with van der Waals surface area (Å²) in [4.78, 5) is 17.2. The number of nitrogens with one attached hydrogen (secondary N) is 5. The number of hydrogen-bond acceptors (Lipinski definition) is 7. The molecule has 10 heteroatoms. The number of aliphatic hydroxyl groups excluding tert-OH is 1. The lowest BCUT2D eigenvalue weighted by Gasteiger charge is -2.27. The van der Waals surface area contributed by atoms with Crippen LogP contribution in [0.3, 0.4) is 0 Å². The molecule has 0 saturated carbocycles. The summed E-state index contributed by atoms with van der Waals surface area (Å²) in [7, 11) is 0. The van der Waals surface area contributed by atoms with E-state index in [0.29, 0.717) is 30.2 Å². The Hall–Kier alpha value is -3.47. The molecule has 1 aliphatic heterocycles. The zero-order chi connectivity index (χ0) is 26.7. The van der Waals surface area contributed by atoms with Crippen LogP contribution in [0.1, 0.15) is 24.5 Å². The molecule has 0 aromatic heterocycles. The highest BCUT2D eigenvalue weighted by Crippen LogP contribution is 2.23. The summed E-state index contributed by atoms with van der Waals surface area (Å²) in [5.74, 6) is -0.0254. The Kier molecular flexibility index (Phi) is 10.1. The number of hydrogen-bond donors (Lipinski definition) is 6. The fourth-order valence-corrected chi connectivity index (χ4v) is 4.42. The molecular weight excluding hydrogens is 504 g/mol. The molecule has 0 unspecified atom stereocenters. The first-order chi connectivity index (χ1) is 18.5. The van der Waals surface area contributed by atoms with E-state index in [-0.39, 0.29) is 12.6 Å². The van der Waals surface area contributed by atoms with Gasteiger partial charge in [-0.3, -0.25) is 21.0 Å². The van der Waals surface area contributed by atoms with Crippen LogP contribution in [-0.2, 0) is 22.4 Å². The molecule has 6 N–H and O–H groups in total. The Morgan fingerprint density at radius 2 is 1.71 bits per heavy atom. The van der Waals surface area contributed by atoms with E-state index in [1.807, 2.05) is 78.9 Å². The molecule has 200 valence electrons. The zero-order valence-electron chi connectivity index (χ0n) is 21.2. The molecule has 38 heavy (non-hydrogen) atoms. The number of nitrogens with zero attached hydrogens (tertiary/aromatic N) is 1. The highest BCUT2D eigenvalue weighted by atomic mass is 35.5. The molecule has 0 bridgehead atoms. The lowest BCUT2D eigenvalue weighted by molar-refractivity contribution is -0.146. The first-order valence-corrected chi connectivity index (χ1v) is 13.0. The van der Waals surface area contributed by atoms with Crippen molar-refractivity contribution in [2.45, 2.75) is 44.5 Å². The van der Waals surface area contributed by atoms with Gasteiger partial charge in [-0.05, 0) is 60.6 Å². The second kappa shape index (κ2) is 13.9. The van der Waals surface area contributed by atoms with Crippen LogP contribution in [0.25, 0.3) is 11.1 Å². The first kappa shape index (κ1) is 27.6. The van der Waals surface area contributed by atoms with Gasteiger partial charge in [0.05, 0.1) is 12.6 Å². The molecule has 0 amide bonds. The number of hydrazine groups is 3. The Balaban J connectivity index is 1.53. The number of aryl methyl sites for hydroxylation is 1. The smallest absolute Gasteiger partial charge is 0.323 e. The lowest BCUT2D eigenvalue weighted by atomic mass is 9.98. The molecule has 9 nitrogen and oxygen atoms in total. The normalized spacial score (nSPS) is 15.2. The van der Waals surface area contributed by atoms with Crippen LogP contribution in [-0.4, -0.2) is 42.0 Å². The maximum Gasteiger partial charge on any atom is 0.323 e. The van der Waals surface area contributed by atoms with Crippen molar-refractivity contribution in [3.63, 3.8) is 0 Å². The number of aliphatic hydroxyl groups is 1. The van der Waals surface area contributed by atoms with Crippen LogP contribution < -0.4 is 27.2 Å². The molecule has 0 aliphatic carbocycles. The van der Waals surface area contributed by atoms with Gasteiger partial charge in [0.2, 0.25) is 5.96 Å².